The fourth-order valence-corrected chi connectivity index (χ4v) is 5.41. The van der Waals surface area contributed by atoms with Gasteiger partial charge < -0.3 is 25.2 Å². The van der Waals surface area contributed by atoms with Crippen molar-refractivity contribution in [3.05, 3.63) is 65.2 Å². The van der Waals surface area contributed by atoms with E-state index in [4.69, 9.17) is 9.47 Å². The van der Waals surface area contributed by atoms with Gasteiger partial charge in [-0.15, -0.1) is 0 Å². The van der Waals surface area contributed by atoms with E-state index in [-0.39, 0.29) is 27.8 Å². The average molecular weight is 703 g/mol. The smallest absolute Gasteiger partial charge is 0.309 e. The molecule has 0 heterocycles. The number of carbonyl (C=O) groups excluding carboxylic acids is 4. The fraction of sp³-hybridized carbons (Fsp3) is 0.524. The summed E-state index contributed by atoms with van der Waals surface area (Å²) in [7, 11) is 0. The predicted molar refractivity (Wildman–Crippen MR) is 204 cm³/mol. The van der Waals surface area contributed by atoms with Gasteiger partial charge >= 0.3 is 5.97 Å². The van der Waals surface area contributed by atoms with E-state index in [1.54, 1.807) is 58.9 Å². The molecule has 0 fully saturated rings. The number of hydrogen-bond donors (Lipinski definition) is 3. The van der Waals surface area contributed by atoms with Crippen LogP contribution in [0.3, 0.4) is 0 Å². The molecule has 0 bridgehead atoms. The van der Waals surface area contributed by atoms with Crippen LogP contribution in [-0.4, -0.2) is 47.9 Å². The molecule has 1 atom stereocenters. The largest absolute Gasteiger partial charge is 0.506 e. The number of aromatic hydroxyl groups is 1. The van der Waals surface area contributed by atoms with Crippen molar-refractivity contribution in [2.75, 3.05) is 18.5 Å². The molecule has 3 N–H and O–H groups in total. The highest BCUT2D eigenvalue weighted by molar-refractivity contribution is 6.16. The molecular formula is C42H58N2O7. The first-order valence-corrected chi connectivity index (χ1v) is 18.1. The first-order valence-electron chi connectivity index (χ1n) is 18.1. The van der Waals surface area contributed by atoms with Crippen LogP contribution in [0.2, 0.25) is 0 Å². The standard InChI is InChI=1S/C42H58N2O7/c1-12-41(8,9)27-20-21-33(31(24-27)42(10,11)13-2)50-23-17-16-22-43-37(47)30-25-32(28-18-14-15-19-29(28)34(30)45)44-38(48)35(36(46)40(5,6)7)51-39(49)26(3)4/h14-15,18-21,24-26,35,45H,12-13,16-17,22-23H2,1-11H3,(H,43,47)(H,44,48). The Balaban J connectivity index is 1.74. The van der Waals surface area contributed by atoms with Gasteiger partial charge in [-0.2, -0.15) is 0 Å². The van der Waals surface area contributed by atoms with Crippen LogP contribution in [0, 0.1) is 11.3 Å². The molecule has 9 nitrogen and oxygen atoms in total. The van der Waals surface area contributed by atoms with Crippen molar-refractivity contribution in [3.63, 3.8) is 0 Å². The molecule has 0 radical (unpaired) electrons. The Morgan fingerprint density at radius 1 is 0.824 bits per heavy atom. The third-order valence-corrected chi connectivity index (χ3v) is 9.81. The second kappa shape index (κ2) is 16.7. The van der Waals surface area contributed by atoms with Crippen LogP contribution < -0.4 is 15.4 Å². The number of Topliss-reactive ketones (excluding diaryl/α,β-unsaturated/α-hetero) is 1. The van der Waals surface area contributed by atoms with Gasteiger partial charge in [-0.05, 0) is 54.2 Å². The number of rotatable bonds is 16. The van der Waals surface area contributed by atoms with E-state index in [0.717, 1.165) is 18.6 Å². The van der Waals surface area contributed by atoms with Gasteiger partial charge in [0, 0.05) is 34.0 Å². The summed E-state index contributed by atoms with van der Waals surface area (Å²) in [5, 5.41) is 17.5. The molecular weight excluding hydrogens is 644 g/mol. The van der Waals surface area contributed by atoms with Gasteiger partial charge in [0.05, 0.1) is 18.1 Å². The molecule has 51 heavy (non-hydrogen) atoms. The van der Waals surface area contributed by atoms with Crippen molar-refractivity contribution in [2.45, 2.75) is 119 Å². The van der Waals surface area contributed by atoms with Gasteiger partial charge in [-0.1, -0.05) is 113 Å². The number of fused-ring (bicyclic) bond motifs is 1. The lowest BCUT2D eigenvalue weighted by Gasteiger charge is -2.30. The molecule has 0 aliphatic carbocycles. The van der Waals surface area contributed by atoms with E-state index in [1.165, 1.54) is 17.2 Å². The number of amides is 2. The second-order valence-electron chi connectivity index (χ2n) is 15.9. The lowest BCUT2D eigenvalue weighted by molar-refractivity contribution is -0.164. The number of unbranched alkanes of at least 4 members (excludes halogenated alkanes) is 1. The SMILES string of the molecule is CCC(C)(C)c1ccc(OCCCCNC(=O)c2cc(NC(=O)C(OC(=O)C(C)C)C(=O)C(C)(C)C)c3ccccc3c2O)c(C(C)(C)CC)c1. The monoisotopic (exact) mass is 702 g/mol. The lowest BCUT2D eigenvalue weighted by atomic mass is 9.76. The highest BCUT2D eigenvalue weighted by Crippen LogP contribution is 2.39. The molecule has 0 aliphatic rings. The topological polar surface area (TPSA) is 131 Å². The van der Waals surface area contributed by atoms with Crippen LogP contribution in [0.25, 0.3) is 10.8 Å². The van der Waals surface area contributed by atoms with Crippen LogP contribution in [0.15, 0.2) is 48.5 Å². The van der Waals surface area contributed by atoms with Crippen LogP contribution in [0.4, 0.5) is 5.69 Å². The summed E-state index contributed by atoms with van der Waals surface area (Å²) in [6, 6.07) is 14.6. The molecule has 9 heteroatoms. The summed E-state index contributed by atoms with van der Waals surface area (Å²) in [6.07, 6.45) is 1.63. The Labute approximate surface area is 303 Å². The number of phenols is 1. The number of anilines is 1. The maximum atomic E-state index is 13.5. The third kappa shape index (κ3) is 10.1. The Hall–Kier alpha value is -4.40. The Bertz CT molecular complexity index is 1730. The quantitative estimate of drug-likeness (QED) is 0.0590. The number of phenolic OH excluding ortho intramolecular Hbond substituents is 1. The zero-order chi connectivity index (χ0) is 38.3. The second-order valence-corrected chi connectivity index (χ2v) is 15.9. The molecule has 0 saturated heterocycles. The van der Waals surface area contributed by atoms with Gasteiger partial charge in [0.25, 0.3) is 11.8 Å². The molecule has 278 valence electrons. The average Bonchev–Trinajstić information content (AvgIpc) is 3.08. The molecule has 3 aromatic rings. The first kappa shape index (κ1) is 41.0. The predicted octanol–water partition coefficient (Wildman–Crippen LogP) is 8.63. The molecule has 0 saturated carbocycles. The van der Waals surface area contributed by atoms with Gasteiger partial charge in [0.1, 0.15) is 11.5 Å². The maximum Gasteiger partial charge on any atom is 0.309 e. The Kier molecular flexibility index (Phi) is 13.5. The summed E-state index contributed by atoms with van der Waals surface area (Å²) in [5.41, 5.74) is 1.68. The van der Waals surface area contributed by atoms with Crippen LogP contribution in [-0.2, 0) is 30.0 Å². The first-order chi connectivity index (χ1) is 23.7. The van der Waals surface area contributed by atoms with Crippen LogP contribution in [0.5, 0.6) is 11.5 Å². The highest BCUT2D eigenvalue weighted by atomic mass is 16.6. The van der Waals surface area contributed by atoms with E-state index in [0.29, 0.717) is 36.8 Å². The minimum absolute atomic E-state index is 0.0420. The summed E-state index contributed by atoms with van der Waals surface area (Å²) < 4.78 is 11.7. The van der Waals surface area contributed by atoms with Crippen molar-refractivity contribution in [1.82, 2.24) is 5.32 Å². The van der Waals surface area contributed by atoms with Gasteiger partial charge in [0.2, 0.25) is 6.10 Å². The summed E-state index contributed by atoms with van der Waals surface area (Å²) >= 11 is 0. The van der Waals surface area contributed by atoms with E-state index in [1.807, 2.05) is 0 Å². The number of benzene rings is 3. The Morgan fingerprint density at radius 2 is 1.45 bits per heavy atom. The zero-order valence-electron chi connectivity index (χ0n) is 32.4. The van der Waals surface area contributed by atoms with Crippen molar-refractivity contribution in [3.8, 4) is 11.5 Å². The molecule has 0 aromatic heterocycles. The van der Waals surface area contributed by atoms with E-state index < -0.39 is 41.0 Å². The summed E-state index contributed by atoms with van der Waals surface area (Å²) in [6.45, 7) is 22.3. The van der Waals surface area contributed by atoms with E-state index >= 15 is 0 Å². The fourth-order valence-electron chi connectivity index (χ4n) is 5.41. The van der Waals surface area contributed by atoms with Crippen molar-refractivity contribution in [2.24, 2.45) is 11.3 Å². The molecule has 0 aliphatic heterocycles. The summed E-state index contributed by atoms with van der Waals surface area (Å²) in [4.78, 5) is 52.6. The Morgan fingerprint density at radius 3 is 2.04 bits per heavy atom. The highest BCUT2D eigenvalue weighted by Gasteiger charge is 2.38. The summed E-state index contributed by atoms with van der Waals surface area (Å²) in [5.74, 6) is -2.54. The zero-order valence-corrected chi connectivity index (χ0v) is 32.4. The number of ketones is 1. The minimum Gasteiger partial charge on any atom is -0.506 e. The van der Waals surface area contributed by atoms with Crippen LogP contribution >= 0.6 is 0 Å². The van der Waals surface area contributed by atoms with E-state index in [2.05, 4.69) is 70.4 Å². The number of ether oxygens (including phenoxy) is 2. The van der Waals surface area contributed by atoms with Crippen LogP contribution in [0.1, 0.15) is 123 Å². The third-order valence-electron chi connectivity index (χ3n) is 9.81. The molecule has 2 amide bonds. The van der Waals surface area contributed by atoms with Gasteiger partial charge in [-0.25, -0.2) is 0 Å². The lowest BCUT2D eigenvalue weighted by Crippen LogP contribution is -2.45. The normalized spacial score (nSPS) is 12.8. The van der Waals surface area contributed by atoms with Gasteiger partial charge in [-0.3, -0.25) is 19.2 Å². The van der Waals surface area contributed by atoms with Crippen molar-refractivity contribution in [1.29, 1.82) is 0 Å². The molecule has 3 rings (SSSR count). The van der Waals surface area contributed by atoms with Crippen molar-refractivity contribution >= 4 is 40.0 Å². The number of carbonyl (C=O) groups is 4. The number of hydrogen-bond acceptors (Lipinski definition) is 7. The molecule has 1 unspecified atom stereocenters. The van der Waals surface area contributed by atoms with Crippen molar-refractivity contribution < 1.29 is 33.8 Å². The van der Waals surface area contributed by atoms with E-state index in [9.17, 15) is 24.3 Å². The molecule has 3 aromatic carbocycles. The molecule has 0 spiro atoms. The minimum atomic E-state index is -1.70. The number of esters is 1. The maximum absolute atomic E-state index is 13.5. The number of nitrogens with one attached hydrogen (secondary N) is 2. The van der Waals surface area contributed by atoms with Gasteiger partial charge in [0.15, 0.2) is 5.78 Å².